The maximum atomic E-state index is 6.76. The fourth-order valence-electron chi connectivity index (χ4n) is 3.16. The molecule has 3 atom stereocenters. The van der Waals surface area contributed by atoms with E-state index >= 15 is 0 Å². The van der Waals surface area contributed by atoms with Crippen molar-refractivity contribution in [3.05, 3.63) is 35.9 Å². The average Bonchev–Trinajstić information content (AvgIpc) is 2.33. The van der Waals surface area contributed by atoms with Crippen molar-refractivity contribution < 1.29 is 0 Å². The molecule has 1 aromatic rings. The third kappa shape index (κ3) is 1.80. The van der Waals surface area contributed by atoms with Crippen LogP contribution in [-0.2, 0) is 5.54 Å². The van der Waals surface area contributed by atoms with E-state index in [-0.39, 0.29) is 17.0 Å². The first-order chi connectivity index (χ1) is 7.89. The summed E-state index contributed by atoms with van der Waals surface area (Å²) in [4.78, 5) is 0. The maximum Gasteiger partial charge on any atom is 0.0465 e. The van der Waals surface area contributed by atoms with Crippen LogP contribution >= 0.6 is 0 Å². The SMILES string of the molecule is CC1C(N)CCC(N)(c2ccccc2)C1(C)C. The lowest BCUT2D eigenvalue weighted by atomic mass is 9.55. The van der Waals surface area contributed by atoms with Gasteiger partial charge < -0.3 is 11.5 Å². The molecule has 1 saturated carbocycles. The Kier molecular flexibility index (Phi) is 3.04. The van der Waals surface area contributed by atoms with Crippen molar-refractivity contribution in [3.63, 3.8) is 0 Å². The Morgan fingerprint density at radius 1 is 1.18 bits per heavy atom. The summed E-state index contributed by atoms with van der Waals surface area (Å²) < 4.78 is 0. The zero-order valence-electron chi connectivity index (χ0n) is 11.1. The molecule has 2 nitrogen and oxygen atoms in total. The third-order valence-corrected chi connectivity index (χ3v) is 5.09. The van der Waals surface area contributed by atoms with Gasteiger partial charge in [-0.05, 0) is 29.7 Å². The zero-order chi connectivity index (χ0) is 12.7. The van der Waals surface area contributed by atoms with E-state index in [1.165, 1.54) is 5.56 Å². The van der Waals surface area contributed by atoms with Gasteiger partial charge in [-0.25, -0.2) is 0 Å². The standard InChI is InChI=1S/C15H24N2/c1-11-13(16)9-10-15(17,14(11,2)3)12-7-5-4-6-8-12/h4-8,11,13H,9-10,16-17H2,1-3H3. The third-order valence-electron chi connectivity index (χ3n) is 5.09. The molecule has 0 aromatic heterocycles. The minimum absolute atomic E-state index is 0.0199. The van der Waals surface area contributed by atoms with E-state index in [2.05, 4.69) is 45.0 Å². The quantitative estimate of drug-likeness (QED) is 0.782. The van der Waals surface area contributed by atoms with Gasteiger partial charge in [0.05, 0.1) is 0 Å². The molecule has 0 radical (unpaired) electrons. The van der Waals surface area contributed by atoms with E-state index in [0.717, 1.165) is 12.8 Å². The van der Waals surface area contributed by atoms with Crippen LogP contribution in [0.15, 0.2) is 30.3 Å². The number of hydrogen-bond donors (Lipinski definition) is 2. The molecule has 2 heteroatoms. The lowest BCUT2D eigenvalue weighted by Gasteiger charge is -2.54. The van der Waals surface area contributed by atoms with Gasteiger partial charge in [0.2, 0.25) is 0 Å². The van der Waals surface area contributed by atoms with Crippen LogP contribution in [-0.4, -0.2) is 6.04 Å². The molecule has 2 rings (SSSR count). The minimum Gasteiger partial charge on any atom is -0.327 e. The van der Waals surface area contributed by atoms with Gasteiger partial charge >= 0.3 is 0 Å². The largest absolute Gasteiger partial charge is 0.327 e. The van der Waals surface area contributed by atoms with E-state index in [9.17, 15) is 0 Å². The molecule has 0 aliphatic heterocycles. The second-order valence-corrected chi connectivity index (χ2v) is 6.05. The maximum absolute atomic E-state index is 6.76. The van der Waals surface area contributed by atoms with Crippen LogP contribution in [0.4, 0.5) is 0 Å². The Morgan fingerprint density at radius 2 is 1.76 bits per heavy atom. The van der Waals surface area contributed by atoms with E-state index in [1.54, 1.807) is 0 Å². The number of nitrogens with two attached hydrogens (primary N) is 2. The fourth-order valence-corrected chi connectivity index (χ4v) is 3.16. The molecule has 0 spiro atoms. The summed E-state index contributed by atoms with van der Waals surface area (Å²) in [5.41, 5.74) is 14.0. The van der Waals surface area contributed by atoms with Gasteiger partial charge in [-0.1, -0.05) is 51.1 Å². The Balaban J connectivity index is 2.44. The van der Waals surface area contributed by atoms with Crippen molar-refractivity contribution in [2.75, 3.05) is 0 Å². The van der Waals surface area contributed by atoms with Crippen LogP contribution in [0.1, 0.15) is 39.2 Å². The highest BCUT2D eigenvalue weighted by molar-refractivity contribution is 5.28. The van der Waals surface area contributed by atoms with Gasteiger partial charge in [-0.2, -0.15) is 0 Å². The van der Waals surface area contributed by atoms with Crippen LogP contribution < -0.4 is 11.5 Å². The molecule has 94 valence electrons. The Labute approximate surface area is 104 Å². The summed E-state index contributed by atoms with van der Waals surface area (Å²) in [5, 5.41) is 0. The monoisotopic (exact) mass is 232 g/mol. The van der Waals surface area contributed by atoms with Gasteiger partial charge in [0, 0.05) is 11.6 Å². The molecule has 1 aromatic carbocycles. The number of benzene rings is 1. The molecule has 4 N–H and O–H groups in total. The van der Waals surface area contributed by atoms with Crippen molar-refractivity contribution >= 4 is 0 Å². The van der Waals surface area contributed by atoms with Gasteiger partial charge in [0.15, 0.2) is 0 Å². The minimum atomic E-state index is -0.260. The highest BCUT2D eigenvalue weighted by atomic mass is 14.8. The number of rotatable bonds is 1. The highest BCUT2D eigenvalue weighted by Crippen LogP contribution is 2.50. The smallest absolute Gasteiger partial charge is 0.0465 e. The summed E-state index contributed by atoms with van der Waals surface area (Å²) in [5.74, 6) is 0.432. The molecule has 3 unspecified atom stereocenters. The van der Waals surface area contributed by atoms with Crippen LogP contribution in [0.5, 0.6) is 0 Å². The van der Waals surface area contributed by atoms with Gasteiger partial charge in [0.25, 0.3) is 0 Å². The van der Waals surface area contributed by atoms with E-state index in [1.807, 2.05) is 6.07 Å². The van der Waals surface area contributed by atoms with Crippen molar-refractivity contribution in [2.45, 2.75) is 45.2 Å². The molecule has 1 fully saturated rings. The predicted octanol–water partition coefficient (Wildman–Crippen LogP) is 2.62. The average molecular weight is 232 g/mol. The Hall–Kier alpha value is -0.860. The van der Waals surface area contributed by atoms with Gasteiger partial charge in [-0.15, -0.1) is 0 Å². The summed E-state index contributed by atoms with van der Waals surface area (Å²) in [6.07, 6.45) is 1.98. The lowest BCUT2D eigenvalue weighted by Crippen LogP contribution is -2.60. The summed E-state index contributed by atoms with van der Waals surface area (Å²) >= 11 is 0. The Morgan fingerprint density at radius 3 is 2.35 bits per heavy atom. The topological polar surface area (TPSA) is 52.0 Å². The van der Waals surface area contributed by atoms with Crippen LogP contribution in [0.2, 0.25) is 0 Å². The lowest BCUT2D eigenvalue weighted by molar-refractivity contribution is 0.0243. The molecule has 1 aliphatic carbocycles. The van der Waals surface area contributed by atoms with Crippen LogP contribution in [0.25, 0.3) is 0 Å². The molecular formula is C15H24N2. The fraction of sp³-hybridized carbons (Fsp3) is 0.600. The van der Waals surface area contributed by atoms with Crippen molar-refractivity contribution in [2.24, 2.45) is 22.8 Å². The summed E-state index contributed by atoms with van der Waals surface area (Å²) in [6, 6.07) is 10.7. The summed E-state index contributed by atoms with van der Waals surface area (Å²) in [6.45, 7) is 6.74. The van der Waals surface area contributed by atoms with E-state index in [0.29, 0.717) is 5.92 Å². The second-order valence-electron chi connectivity index (χ2n) is 6.05. The second kappa shape index (κ2) is 4.11. The summed E-state index contributed by atoms with van der Waals surface area (Å²) in [7, 11) is 0. The molecule has 1 aliphatic rings. The zero-order valence-corrected chi connectivity index (χ0v) is 11.1. The van der Waals surface area contributed by atoms with E-state index < -0.39 is 0 Å². The van der Waals surface area contributed by atoms with Crippen molar-refractivity contribution in [1.29, 1.82) is 0 Å². The Bertz CT molecular complexity index is 385. The van der Waals surface area contributed by atoms with Gasteiger partial charge in [0.1, 0.15) is 0 Å². The molecule has 0 heterocycles. The highest BCUT2D eigenvalue weighted by Gasteiger charge is 2.50. The predicted molar refractivity (Wildman–Crippen MR) is 72.5 cm³/mol. The normalized spacial score (nSPS) is 36.8. The van der Waals surface area contributed by atoms with Gasteiger partial charge in [-0.3, -0.25) is 0 Å². The molecule has 0 bridgehead atoms. The molecule has 17 heavy (non-hydrogen) atoms. The van der Waals surface area contributed by atoms with E-state index in [4.69, 9.17) is 11.5 Å². The first-order valence-corrected chi connectivity index (χ1v) is 6.49. The first-order valence-electron chi connectivity index (χ1n) is 6.49. The van der Waals surface area contributed by atoms with Crippen molar-refractivity contribution in [3.8, 4) is 0 Å². The molecule has 0 amide bonds. The van der Waals surface area contributed by atoms with Crippen LogP contribution in [0.3, 0.4) is 0 Å². The molecular weight excluding hydrogens is 208 g/mol. The first kappa shape index (κ1) is 12.6. The number of hydrogen-bond acceptors (Lipinski definition) is 2. The van der Waals surface area contributed by atoms with Crippen LogP contribution in [0, 0.1) is 11.3 Å². The van der Waals surface area contributed by atoms with Crippen molar-refractivity contribution in [1.82, 2.24) is 0 Å². The molecule has 0 saturated heterocycles.